The standard InChI is InChI=1S/C12H22N4O4S/c1-4-7-16(8-5-6-13)21(19,20)10-9-14(2)12(18)15(3)11(10)17/h9H,4-8,13H2,1-3H3. The van der Waals surface area contributed by atoms with Gasteiger partial charge >= 0.3 is 5.69 Å². The molecule has 21 heavy (non-hydrogen) atoms. The molecule has 0 saturated heterocycles. The quantitative estimate of drug-likeness (QED) is 0.682. The molecule has 1 aromatic rings. The molecule has 0 aliphatic heterocycles. The van der Waals surface area contributed by atoms with Crippen LogP contribution in [0.2, 0.25) is 0 Å². The predicted octanol–water partition coefficient (Wildman–Crippen LogP) is -1.17. The second kappa shape index (κ2) is 7.01. The van der Waals surface area contributed by atoms with Gasteiger partial charge in [0, 0.05) is 33.4 Å². The second-order valence-corrected chi connectivity index (χ2v) is 6.70. The van der Waals surface area contributed by atoms with Crippen molar-refractivity contribution < 1.29 is 8.42 Å². The highest BCUT2D eigenvalue weighted by Crippen LogP contribution is 2.11. The van der Waals surface area contributed by atoms with E-state index in [1.165, 1.54) is 18.4 Å². The van der Waals surface area contributed by atoms with Crippen molar-refractivity contribution in [3.63, 3.8) is 0 Å². The average molecular weight is 318 g/mol. The van der Waals surface area contributed by atoms with E-state index >= 15 is 0 Å². The average Bonchev–Trinajstić information content (AvgIpc) is 2.44. The lowest BCUT2D eigenvalue weighted by Crippen LogP contribution is -2.43. The van der Waals surface area contributed by atoms with Crippen LogP contribution in [-0.4, -0.2) is 41.5 Å². The molecule has 0 atom stereocenters. The van der Waals surface area contributed by atoms with Crippen LogP contribution in [0.1, 0.15) is 19.8 Å². The lowest BCUT2D eigenvalue weighted by Gasteiger charge is -2.21. The van der Waals surface area contributed by atoms with Gasteiger partial charge in [0.05, 0.1) is 0 Å². The highest BCUT2D eigenvalue weighted by Gasteiger charge is 2.27. The first-order valence-electron chi connectivity index (χ1n) is 6.74. The molecule has 0 aliphatic rings. The van der Waals surface area contributed by atoms with E-state index in [2.05, 4.69) is 0 Å². The van der Waals surface area contributed by atoms with Gasteiger partial charge < -0.3 is 10.3 Å². The van der Waals surface area contributed by atoms with E-state index in [9.17, 15) is 18.0 Å². The number of sulfonamides is 1. The van der Waals surface area contributed by atoms with E-state index in [0.29, 0.717) is 25.9 Å². The van der Waals surface area contributed by atoms with Gasteiger partial charge in [-0.2, -0.15) is 4.31 Å². The van der Waals surface area contributed by atoms with Crippen LogP contribution < -0.4 is 17.0 Å². The summed E-state index contributed by atoms with van der Waals surface area (Å²) < 4.78 is 28.4. The Hall–Kier alpha value is -1.45. The van der Waals surface area contributed by atoms with Gasteiger partial charge in [-0.15, -0.1) is 0 Å². The van der Waals surface area contributed by atoms with Gasteiger partial charge in [0.15, 0.2) is 4.90 Å². The van der Waals surface area contributed by atoms with Crippen LogP contribution in [0, 0.1) is 0 Å². The second-order valence-electron chi connectivity index (χ2n) is 4.80. The number of nitrogens with two attached hydrogens (primary N) is 1. The number of rotatable bonds is 7. The third kappa shape index (κ3) is 3.60. The summed E-state index contributed by atoms with van der Waals surface area (Å²) in [6.45, 7) is 2.76. The minimum Gasteiger partial charge on any atom is -0.330 e. The van der Waals surface area contributed by atoms with E-state index in [0.717, 1.165) is 15.3 Å². The molecule has 0 aliphatic carbocycles. The summed E-state index contributed by atoms with van der Waals surface area (Å²) in [4.78, 5) is 23.3. The number of nitrogens with zero attached hydrogens (tertiary/aromatic N) is 3. The monoisotopic (exact) mass is 318 g/mol. The first-order valence-corrected chi connectivity index (χ1v) is 8.18. The third-order valence-corrected chi connectivity index (χ3v) is 5.00. The van der Waals surface area contributed by atoms with Crippen molar-refractivity contribution in [3.05, 3.63) is 27.0 Å². The van der Waals surface area contributed by atoms with Gasteiger partial charge in [0.2, 0.25) is 10.0 Å². The van der Waals surface area contributed by atoms with Gasteiger partial charge in [-0.05, 0) is 19.4 Å². The minimum absolute atomic E-state index is 0.249. The Morgan fingerprint density at radius 2 is 1.86 bits per heavy atom. The van der Waals surface area contributed by atoms with E-state index in [1.807, 2.05) is 6.92 Å². The van der Waals surface area contributed by atoms with Gasteiger partial charge in [0.1, 0.15) is 0 Å². The summed E-state index contributed by atoms with van der Waals surface area (Å²) in [5.74, 6) is 0. The van der Waals surface area contributed by atoms with E-state index < -0.39 is 26.2 Å². The van der Waals surface area contributed by atoms with Gasteiger partial charge in [-0.1, -0.05) is 6.92 Å². The molecule has 0 spiro atoms. The Morgan fingerprint density at radius 1 is 1.24 bits per heavy atom. The minimum atomic E-state index is -3.94. The maximum absolute atomic E-state index is 12.6. The fourth-order valence-corrected chi connectivity index (χ4v) is 3.68. The number of aromatic nitrogens is 2. The predicted molar refractivity (Wildman–Crippen MR) is 79.6 cm³/mol. The van der Waals surface area contributed by atoms with Gasteiger partial charge in [0.25, 0.3) is 5.56 Å². The smallest absolute Gasteiger partial charge is 0.330 e. The molecular weight excluding hydrogens is 296 g/mol. The molecule has 0 aromatic carbocycles. The van der Waals surface area contributed by atoms with Crippen LogP contribution in [0.15, 0.2) is 20.7 Å². The van der Waals surface area contributed by atoms with Crippen molar-refractivity contribution in [2.24, 2.45) is 19.8 Å². The number of hydrogen-bond acceptors (Lipinski definition) is 5. The maximum Gasteiger partial charge on any atom is 0.330 e. The molecule has 1 heterocycles. The SMILES string of the molecule is CCCN(CCCN)S(=O)(=O)c1cn(C)c(=O)n(C)c1=O. The summed E-state index contributed by atoms with van der Waals surface area (Å²) in [5, 5.41) is 0. The van der Waals surface area contributed by atoms with Gasteiger partial charge in [-0.3, -0.25) is 9.36 Å². The fourth-order valence-electron chi connectivity index (χ4n) is 1.96. The third-order valence-electron chi connectivity index (χ3n) is 3.12. The van der Waals surface area contributed by atoms with Crippen LogP contribution in [0.5, 0.6) is 0 Å². The Kier molecular flexibility index (Phi) is 5.87. The summed E-state index contributed by atoms with van der Waals surface area (Å²) in [6.07, 6.45) is 2.20. The molecule has 0 radical (unpaired) electrons. The molecule has 1 aromatic heterocycles. The fraction of sp³-hybridized carbons (Fsp3) is 0.667. The van der Waals surface area contributed by atoms with Crippen LogP contribution in [0.25, 0.3) is 0 Å². The molecular formula is C12H22N4O4S. The zero-order valence-corrected chi connectivity index (χ0v) is 13.4. The Morgan fingerprint density at radius 3 is 2.38 bits per heavy atom. The van der Waals surface area contributed by atoms with Crippen molar-refractivity contribution in [2.75, 3.05) is 19.6 Å². The van der Waals surface area contributed by atoms with E-state index in [-0.39, 0.29) is 6.54 Å². The van der Waals surface area contributed by atoms with Crippen molar-refractivity contribution in [1.29, 1.82) is 0 Å². The van der Waals surface area contributed by atoms with Gasteiger partial charge in [-0.25, -0.2) is 13.2 Å². The Bertz CT molecular complexity index is 705. The van der Waals surface area contributed by atoms with E-state index in [4.69, 9.17) is 5.73 Å². The van der Waals surface area contributed by atoms with Crippen molar-refractivity contribution in [2.45, 2.75) is 24.7 Å². The van der Waals surface area contributed by atoms with E-state index in [1.54, 1.807) is 0 Å². The topological polar surface area (TPSA) is 107 Å². The number of hydrogen-bond donors (Lipinski definition) is 1. The largest absolute Gasteiger partial charge is 0.330 e. The molecule has 8 nitrogen and oxygen atoms in total. The Labute approximate surface area is 123 Å². The molecule has 0 unspecified atom stereocenters. The van der Waals surface area contributed by atoms with Crippen LogP contribution in [-0.2, 0) is 24.1 Å². The van der Waals surface area contributed by atoms with Crippen LogP contribution >= 0.6 is 0 Å². The summed E-state index contributed by atoms with van der Waals surface area (Å²) >= 11 is 0. The summed E-state index contributed by atoms with van der Waals surface area (Å²) in [7, 11) is -1.28. The zero-order valence-electron chi connectivity index (χ0n) is 12.6. The first-order chi connectivity index (χ1) is 9.77. The normalized spacial score (nSPS) is 12.0. The summed E-state index contributed by atoms with van der Waals surface area (Å²) in [5.41, 5.74) is 4.04. The molecule has 2 N–H and O–H groups in total. The molecule has 0 bridgehead atoms. The van der Waals surface area contributed by atoms with Crippen LogP contribution in [0.3, 0.4) is 0 Å². The number of aryl methyl sites for hydroxylation is 1. The lowest BCUT2D eigenvalue weighted by molar-refractivity contribution is 0.404. The summed E-state index contributed by atoms with van der Waals surface area (Å²) in [6, 6.07) is 0. The first kappa shape index (κ1) is 17.6. The molecule has 0 fully saturated rings. The molecule has 9 heteroatoms. The van der Waals surface area contributed by atoms with Crippen molar-refractivity contribution in [1.82, 2.24) is 13.4 Å². The van der Waals surface area contributed by atoms with Crippen LogP contribution in [0.4, 0.5) is 0 Å². The highest BCUT2D eigenvalue weighted by atomic mass is 32.2. The molecule has 0 saturated carbocycles. The Balaban J connectivity index is 3.41. The molecule has 1 rings (SSSR count). The zero-order chi connectivity index (χ0) is 16.2. The van der Waals surface area contributed by atoms with Crippen molar-refractivity contribution in [3.8, 4) is 0 Å². The maximum atomic E-state index is 12.6. The van der Waals surface area contributed by atoms with Crippen molar-refractivity contribution >= 4 is 10.0 Å². The molecule has 0 amide bonds. The lowest BCUT2D eigenvalue weighted by atomic mass is 10.4. The molecule has 120 valence electrons. The highest BCUT2D eigenvalue weighted by molar-refractivity contribution is 7.89.